The number of carboxylic acid groups (broad SMARTS) is 1. The fraction of sp³-hybridized carbons (Fsp3) is 0.250. The van der Waals surface area contributed by atoms with E-state index in [4.69, 9.17) is 5.11 Å². The average Bonchev–Trinajstić information content (AvgIpc) is 2.50. The predicted octanol–water partition coefficient (Wildman–Crippen LogP) is 1.43. The fourth-order valence-corrected chi connectivity index (χ4v) is 1.77. The van der Waals surface area contributed by atoms with Gasteiger partial charge in [0.15, 0.2) is 0 Å². The van der Waals surface area contributed by atoms with Crippen molar-refractivity contribution in [2.45, 2.75) is 6.92 Å². The summed E-state index contributed by atoms with van der Waals surface area (Å²) in [5, 5.41) is 10.9. The van der Waals surface area contributed by atoms with Crippen LogP contribution in [0.15, 0.2) is 11.4 Å². The van der Waals surface area contributed by atoms with Gasteiger partial charge in [-0.1, -0.05) is 0 Å². The lowest BCUT2D eigenvalue weighted by atomic mass is 10.3. The fourth-order valence-electron chi connectivity index (χ4n) is 0.867. The van der Waals surface area contributed by atoms with Crippen molar-refractivity contribution in [2.24, 2.45) is 0 Å². The number of hydrogen-bond donors (Lipinski definition) is 1. The van der Waals surface area contributed by atoms with Gasteiger partial charge >= 0.3 is 5.97 Å². The Morgan fingerprint density at radius 1 is 1.54 bits per heavy atom. The lowest BCUT2D eigenvalue weighted by Crippen LogP contribution is -2.23. The molecule has 0 aromatic carbocycles. The summed E-state index contributed by atoms with van der Waals surface area (Å²) in [7, 11) is 1.56. The number of aromatic carboxylic acids is 1. The van der Waals surface area contributed by atoms with Crippen LogP contribution in [0.4, 0.5) is 5.00 Å². The van der Waals surface area contributed by atoms with Crippen molar-refractivity contribution >= 4 is 28.2 Å². The minimum atomic E-state index is -1.01. The first kappa shape index (κ1) is 9.73. The van der Waals surface area contributed by atoms with Gasteiger partial charge in [-0.05, 0) is 11.4 Å². The molecule has 0 aliphatic heterocycles. The first-order valence-corrected chi connectivity index (χ1v) is 4.47. The summed E-state index contributed by atoms with van der Waals surface area (Å²) >= 11 is 1.24. The molecule has 1 heterocycles. The van der Waals surface area contributed by atoms with Crippen molar-refractivity contribution in [3.05, 3.63) is 17.0 Å². The molecule has 13 heavy (non-hydrogen) atoms. The first-order chi connectivity index (χ1) is 6.04. The van der Waals surface area contributed by atoms with Crippen molar-refractivity contribution in [1.82, 2.24) is 0 Å². The number of carbonyl (C=O) groups is 2. The monoisotopic (exact) mass is 199 g/mol. The third kappa shape index (κ3) is 1.86. The summed E-state index contributed by atoms with van der Waals surface area (Å²) in [6.45, 7) is 1.39. The summed E-state index contributed by atoms with van der Waals surface area (Å²) in [5.74, 6) is -1.19. The van der Waals surface area contributed by atoms with Crippen LogP contribution in [0.3, 0.4) is 0 Å². The van der Waals surface area contributed by atoms with Gasteiger partial charge in [-0.15, -0.1) is 11.3 Å². The summed E-state index contributed by atoms with van der Waals surface area (Å²) in [4.78, 5) is 23.0. The van der Waals surface area contributed by atoms with Gasteiger partial charge in [0.25, 0.3) is 0 Å². The quantitative estimate of drug-likeness (QED) is 0.783. The number of hydrogen-bond acceptors (Lipinski definition) is 3. The first-order valence-electron chi connectivity index (χ1n) is 3.59. The zero-order chi connectivity index (χ0) is 10.0. The van der Waals surface area contributed by atoms with Gasteiger partial charge < -0.3 is 10.0 Å². The van der Waals surface area contributed by atoms with Crippen LogP contribution >= 0.6 is 11.3 Å². The SMILES string of the molecule is CC(=O)N(C)c1sccc1C(=O)O. The highest BCUT2D eigenvalue weighted by molar-refractivity contribution is 7.14. The van der Waals surface area contributed by atoms with Crippen molar-refractivity contribution in [1.29, 1.82) is 0 Å². The maximum Gasteiger partial charge on any atom is 0.338 e. The summed E-state index contributed by atoms with van der Waals surface area (Å²) in [6.07, 6.45) is 0. The van der Waals surface area contributed by atoms with Crippen molar-refractivity contribution in [2.75, 3.05) is 11.9 Å². The summed E-state index contributed by atoms with van der Waals surface area (Å²) in [6, 6.07) is 1.49. The number of amides is 1. The molecule has 0 fully saturated rings. The zero-order valence-corrected chi connectivity index (χ0v) is 8.09. The Balaban J connectivity index is 3.07. The average molecular weight is 199 g/mol. The third-order valence-corrected chi connectivity index (χ3v) is 2.64. The summed E-state index contributed by atoms with van der Waals surface area (Å²) < 4.78 is 0. The zero-order valence-electron chi connectivity index (χ0n) is 7.27. The number of anilines is 1. The van der Waals surface area contributed by atoms with Crippen LogP contribution in [0.5, 0.6) is 0 Å². The van der Waals surface area contributed by atoms with E-state index in [2.05, 4.69) is 0 Å². The Kier molecular flexibility index (Phi) is 2.67. The number of thiophene rings is 1. The highest BCUT2D eigenvalue weighted by Crippen LogP contribution is 2.26. The van der Waals surface area contributed by atoms with Crippen LogP contribution in [-0.2, 0) is 4.79 Å². The van der Waals surface area contributed by atoms with E-state index in [9.17, 15) is 9.59 Å². The van der Waals surface area contributed by atoms with Crippen LogP contribution in [0, 0.1) is 0 Å². The second kappa shape index (κ2) is 3.57. The molecule has 0 unspecified atom stereocenters. The molecule has 1 aromatic rings. The molecule has 0 spiro atoms. The molecule has 0 bridgehead atoms. The Morgan fingerprint density at radius 2 is 2.15 bits per heavy atom. The third-order valence-electron chi connectivity index (χ3n) is 1.65. The molecule has 0 saturated heterocycles. The smallest absolute Gasteiger partial charge is 0.338 e. The molecule has 4 nitrogen and oxygen atoms in total. The van der Waals surface area contributed by atoms with Gasteiger partial charge in [0.2, 0.25) is 5.91 Å². The summed E-state index contributed by atoms with van der Waals surface area (Å²) in [5.41, 5.74) is 0.169. The minimum absolute atomic E-state index is 0.169. The lowest BCUT2D eigenvalue weighted by molar-refractivity contribution is -0.116. The van der Waals surface area contributed by atoms with Crippen LogP contribution in [0.2, 0.25) is 0 Å². The van der Waals surface area contributed by atoms with E-state index in [0.29, 0.717) is 5.00 Å². The molecular weight excluding hydrogens is 190 g/mol. The lowest BCUT2D eigenvalue weighted by Gasteiger charge is -2.12. The Bertz CT molecular complexity index is 345. The van der Waals surface area contributed by atoms with Crippen LogP contribution in [-0.4, -0.2) is 24.0 Å². The standard InChI is InChI=1S/C8H9NO3S/c1-5(10)9(2)7-6(8(11)12)3-4-13-7/h3-4H,1-2H3,(H,11,12). The largest absolute Gasteiger partial charge is 0.478 e. The van der Waals surface area contributed by atoms with Gasteiger partial charge in [-0.2, -0.15) is 0 Å². The van der Waals surface area contributed by atoms with E-state index in [1.54, 1.807) is 12.4 Å². The van der Waals surface area contributed by atoms with E-state index in [1.807, 2.05) is 0 Å². The van der Waals surface area contributed by atoms with E-state index < -0.39 is 5.97 Å². The highest BCUT2D eigenvalue weighted by atomic mass is 32.1. The molecule has 0 radical (unpaired) electrons. The van der Waals surface area contributed by atoms with Gasteiger partial charge in [0, 0.05) is 14.0 Å². The number of nitrogens with zero attached hydrogens (tertiary/aromatic N) is 1. The van der Waals surface area contributed by atoms with E-state index in [0.717, 1.165) is 0 Å². The number of carboxylic acids is 1. The molecule has 1 amide bonds. The molecule has 70 valence electrons. The molecule has 1 N–H and O–H groups in total. The highest BCUT2D eigenvalue weighted by Gasteiger charge is 2.16. The molecule has 1 aromatic heterocycles. The number of rotatable bonds is 2. The molecule has 0 saturated carbocycles. The maximum atomic E-state index is 11.0. The molecular formula is C8H9NO3S. The van der Waals surface area contributed by atoms with Crippen LogP contribution < -0.4 is 4.90 Å². The van der Waals surface area contributed by atoms with Gasteiger partial charge in [-0.25, -0.2) is 4.79 Å². The number of carbonyl (C=O) groups excluding carboxylic acids is 1. The Morgan fingerprint density at radius 3 is 2.62 bits per heavy atom. The second-order valence-electron chi connectivity index (χ2n) is 2.52. The van der Waals surface area contributed by atoms with Crippen LogP contribution in [0.25, 0.3) is 0 Å². The van der Waals surface area contributed by atoms with E-state index in [-0.39, 0.29) is 11.5 Å². The normalized spacial score (nSPS) is 9.69. The van der Waals surface area contributed by atoms with Crippen molar-refractivity contribution in [3.63, 3.8) is 0 Å². The van der Waals surface area contributed by atoms with Crippen LogP contribution in [0.1, 0.15) is 17.3 Å². The Hall–Kier alpha value is -1.36. The topological polar surface area (TPSA) is 57.6 Å². The van der Waals surface area contributed by atoms with Gasteiger partial charge in [0.1, 0.15) is 5.00 Å². The van der Waals surface area contributed by atoms with Gasteiger partial charge in [0.05, 0.1) is 5.56 Å². The molecule has 1 rings (SSSR count). The van der Waals surface area contributed by atoms with Gasteiger partial charge in [-0.3, -0.25) is 4.79 Å². The Labute approximate surface area is 79.4 Å². The van der Waals surface area contributed by atoms with E-state index in [1.165, 1.54) is 29.2 Å². The maximum absolute atomic E-state index is 11.0. The van der Waals surface area contributed by atoms with Crippen molar-refractivity contribution < 1.29 is 14.7 Å². The molecule has 0 aliphatic rings. The molecule has 0 aliphatic carbocycles. The minimum Gasteiger partial charge on any atom is -0.478 e. The molecule has 5 heteroatoms. The molecule has 0 atom stereocenters. The predicted molar refractivity (Wildman–Crippen MR) is 50.4 cm³/mol. The second-order valence-corrected chi connectivity index (χ2v) is 3.42. The van der Waals surface area contributed by atoms with E-state index >= 15 is 0 Å². The van der Waals surface area contributed by atoms with Crippen molar-refractivity contribution in [3.8, 4) is 0 Å².